The molecule has 0 radical (unpaired) electrons. The standard InChI is InChI=1S/C22H25N3O2S/c1-16-6-5-7-18(14-16)27-17(2)22(26)25-12-10-24(11-13-25)15-21-23-19-8-3-4-9-20(19)28-21/h3-9,14,17H,10-13,15H2,1-2H3. The van der Waals surface area contributed by atoms with Crippen molar-refractivity contribution in [1.29, 1.82) is 0 Å². The Morgan fingerprint density at radius 2 is 1.93 bits per heavy atom. The number of carbonyl (C=O) groups is 1. The van der Waals surface area contributed by atoms with E-state index in [-0.39, 0.29) is 5.91 Å². The lowest BCUT2D eigenvalue weighted by Gasteiger charge is -2.35. The summed E-state index contributed by atoms with van der Waals surface area (Å²) < 4.78 is 7.08. The second-order valence-corrected chi connectivity index (χ2v) is 8.37. The molecule has 1 aliphatic rings. The van der Waals surface area contributed by atoms with Crippen molar-refractivity contribution in [2.45, 2.75) is 26.5 Å². The monoisotopic (exact) mass is 395 g/mol. The Kier molecular flexibility index (Phi) is 5.59. The van der Waals surface area contributed by atoms with Crippen LogP contribution >= 0.6 is 11.3 Å². The maximum Gasteiger partial charge on any atom is 0.263 e. The summed E-state index contributed by atoms with van der Waals surface area (Å²) in [6.45, 7) is 7.87. The second kappa shape index (κ2) is 8.29. The number of thiazole rings is 1. The van der Waals surface area contributed by atoms with E-state index in [0.29, 0.717) is 0 Å². The van der Waals surface area contributed by atoms with Gasteiger partial charge in [0.1, 0.15) is 10.8 Å². The minimum Gasteiger partial charge on any atom is -0.481 e. The first-order valence-electron chi connectivity index (χ1n) is 9.67. The van der Waals surface area contributed by atoms with E-state index in [1.54, 1.807) is 11.3 Å². The van der Waals surface area contributed by atoms with Gasteiger partial charge in [-0.2, -0.15) is 0 Å². The zero-order chi connectivity index (χ0) is 19.5. The Balaban J connectivity index is 1.30. The number of amides is 1. The van der Waals surface area contributed by atoms with E-state index in [1.165, 1.54) is 4.70 Å². The smallest absolute Gasteiger partial charge is 0.263 e. The molecule has 0 spiro atoms. The Hall–Kier alpha value is -2.44. The molecule has 1 unspecified atom stereocenters. The summed E-state index contributed by atoms with van der Waals surface area (Å²) in [6.07, 6.45) is -0.474. The number of piperazine rings is 1. The molecule has 28 heavy (non-hydrogen) atoms. The first kappa shape index (κ1) is 18.9. The highest BCUT2D eigenvalue weighted by atomic mass is 32.1. The van der Waals surface area contributed by atoms with Crippen LogP contribution in [0.5, 0.6) is 5.75 Å². The van der Waals surface area contributed by atoms with Crippen LogP contribution in [0.4, 0.5) is 0 Å². The van der Waals surface area contributed by atoms with Gasteiger partial charge in [0.2, 0.25) is 0 Å². The van der Waals surface area contributed by atoms with Crippen LogP contribution in [0.25, 0.3) is 10.2 Å². The summed E-state index contributed by atoms with van der Waals surface area (Å²) in [5.41, 5.74) is 2.19. The summed E-state index contributed by atoms with van der Waals surface area (Å²) in [5, 5.41) is 1.14. The summed E-state index contributed by atoms with van der Waals surface area (Å²) in [7, 11) is 0. The van der Waals surface area contributed by atoms with Gasteiger partial charge in [-0.25, -0.2) is 4.98 Å². The third kappa shape index (κ3) is 4.34. The number of fused-ring (bicyclic) bond motifs is 1. The highest BCUT2D eigenvalue weighted by molar-refractivity contribution is 7.18. The van der Waals surface area contributed by atoms with Crippen molar-refractivity contribution in [2.75, 3.05) is 26.2 Å². The zero-order valence-corrected chi connectivity index (χ0v) is 17.1. The van der Waals surface area contributed by atoms with Gasteiger partial charge in [-0.15, -0.1) is 11.3 Å². The highest BCUT2D eigenvalue weighted by Crippen LogP contribution is 2.23. The summed E-state index contributed by atoms with van der Waals surface area (Å²) >= 11 is 1.75. The molecule has 2 heterocycles. The summed E-state index contributed by atoms with van der Waals surface area (Å²) in [6, 6.07) is 16.1. The van der Waals surface area contributed by atoms with Crippen molar-refractivity contribution in [3.63, 3.8) is 0 Å². The summed E-state index contributed by atoms with van der Waals surface area (Å²) in [5.74, 6) is 0.802. The Bertz CT molecular complexity index is 930. The molecule has 1 atom stereocenters. The van der Waals surface area contributed by atoms with Crippen LogP contribution in [0.15, 0.2) is 48.5 Å². The van der Waals surface area contributed by atoms with Crippen LogP contribution < -0.4 is 4.74 Å². The lowest BCUT2D eigenvalue weighted by atomic mass is 10.2. The maximum absolute atomic E-state index is 12.7. The number of carbonyl (C=O) groups excluding carboxylic acids is 1. The quantitative estimate of drug-likeness (QED) is 0.661. The number of rotatable bonds is 5. The number of ether oxygens (including phenoxy) is 1. The number of nitrogens with zero attached hydrogens (tertiary/aromatic N) is 3. The van der Waals surface area contributed by atoms with E-state index in [0.717, 1.165) is 54.6 Å². The highest BCUT2D eigenvalue weighted by Gasteiger charge is 2.26. The minimum absolute atomic E-state index is 0.0566. The minimum atomic E-state index is -0.474. The normalized spacial score (nSPS) is 16.3. The Labute approximate surface area is 169 Å². The van der Waals surface area contributed by atoms with Crippen molar-refractivity contribution >= 4 is 27.5 Å². The number of hydrogen-bond donors (Lipinski definition) is 0. The van der Waals surface area contributed by atoms with Crippen LogP contribution in [0, 0.1) is 6.92 Å². The molecule has 3 aromatic rings. The average molecular weight is 396 g/mol. The van der Waals surface area contributed by atoms with Gasteiger partial charge in [-0.05, 0) is 43.7 Å². The van der Waals surface area contributed by atoms with Gasteiger partial charge in [0.05, 0.1) is 16.8 Å². The van der Waals surface area contributed by atoms with Crippen LogP contribution in [0.2, 0.25) is 0 Å². The van der Waals surface area contributed by atoms with E-state index in [1.807, 2.05) is 49.1 Å². The lowest BCUT2D eigenvalue weighted by Crippen LogP contribution is -2.51. The van der Waals surface area contributed by atoms with Gasteiger partial charge in [-0.1, -0.05) is 24.3 Å². The Morgan fingerprint density at radius 1 is 1.14 bits per heavy atom. The molecule has 2 aromatic carbocycles. The van der Waals surface area contributed by atoms with E-state index >= 15 is 0 Å². The van der Waals surface area contributed by atoms with E-state index in [2.05, 4.69) is 23.1 Å². The van der Waals surface area contributed by atoms with Gasteiger partial charge in [0, 0.05) is 26.2 Å². The molecule has 146 valence electrons. The first-order chi connectivity index (χ1) is 13.6. The van der Waals surface area contributed by atoms with Gasteiger partial charge < -0.3 is 9.64 Å². The van der Waals surface area contributed by atoms with Crippen molar-refractivity contribution in [3.8, 4) is 5.75 Å². The van der Waals surface area contributed by atoms with Crippen molar-refractivity contribution in [1.82, 2.24) is 14.8 Å². The van der Waals surface area contributed by atoms with E-state index in [9.17, 15) is 4.79 Å². The fourth-order valence-electron chi connectivity index (χ4n) is 3.51. The molecule has 5 nitrogen and oxygen atoms in total. The molecular weight excluding hydrogens is 370 g/mol. The third-order valence-electron chi connectivity index (χ3n) is 5.03. The van der Waals surface area contributed by atoms with Crippen LogP contribution in [0.1, 0.15) is 17.5 Å². The first-order valence-corrected chi connectivity index (χ1v) is 10.5. The SMILES string of the molecule is Cc1cccc(OC(C)C(=O)N2CCN(Cc3nc4ccccc4s3)CC2)c1. The van der Waals surface area contributed by atoms with E-state index < -0.39 is 6.10 Å². The van der Waals surface area contributed by atoms with Gasteiger partial charge in [0.15, 0.2) is 6.10 Å². The lowest BCUT2D eigenvalue weighted by molar-refractivity contribution is -0.139. The molecule has 1 saturated heterocycles. The number of aryl methyl sites for hydroxylation is 1. The van der Waals surface area contributed by atoms with Gasteiger partial charge >= 0.3 is 0 Å². The molecular formula is C22H25N3O2S. The number of aromatic nitrogens is 1. The molecule has 1 aromatic heterocycles. The molecule has 1 fully saturated rings. The largest absolute Gasteiger partial charge is 0.481 e. The number of para-hydroxylation sites is 1. The molecule has 0 aliphatic carbocycles. The van der Waals surface area contributed by atoms with Gasteiger partial charge in [-0.3, -0.25) is 9.69 Å². The maximum atomic E-state index is 12.7. The average Bonchev–Trinajstić information content (AvgIpc) is 3.10. The van der Waals surface area contributed by atoms with E-state index in [4.69, 9.17) is 9.72 Å². The predicted molar refractivity (Wildman–Crippen MR) is 113 cm³/mol. The van der Waals surface area contributed by atoms with Crippen LogP contribution in [-0.4, -0.2) is 53.0 Å². The number of hydrogen-bond acceptors (Lipinski definition) is 5. The number of benzene rings is 2. The van der Waals surface area contributed by atoms with Gasteiger partial charge in [0.25, 0.3) is 5.91 Å². The fourth-order valence-corrected chi connectivity index (χ4v) is 4.52. The second-order valence-electron chi connectivity index (χ2n) is 7.25. The topological polar surface area (TPSA) is 45.7 Å². The van der Waals surface area contributed by atoms with Crippen molar-refractivity contribution < 1.29 is 9.53 Å². The predicted octanol–water partition coefficient (Wildman–Crippen LogP) is 3.72. The third-order valence-corrected chi connectivity index (χ3v) is 6.05. The molecule has 0 bridgehead atoms. The molecule has 4 rings (SSSR count). The summed E-state index contributed by atoms with van der Waals surface area (Å²) in [4.78, 5) is 21.7. The molecule has 1 amide bonds. The van der Waals surface area contributed by atoms with Crippen LogP contribution in [0.3, 0.4) is 0 Å². The van der Waals surface area contributed by atoms with Crippen molar-refractivity contribution in [2.24, 2.45) is 0 Å². The zero-order valence-electron chi connectivity index (χ0n) is 16.3. The van der Waals surface area contributed by atoms with Crippen LogP contribution in [-0.2, 0) is 11.3 Å². The molecule has 6 heteroatoms. The molecule has 0 saturated carbocycles. The fraction of sp³-hybridized carbons (Fsp3) is 0.364. The van der Waals surface area contributed by atoms with Crippen molar-refractivity contribution in [3.05, 3.63) is 59.1 Å². The Morgan fingerprint density at radius 3 is 2.68 bits per heavy atom. The molecule has 0 N–H and O–H groups in total. The molecule has 1 aliphatic heterocycles.